The Hall–Kier alpha value is -3.67. The molecule has 0 bridgehead atoms. The van der Waals surface area contributed by atoms with Crippen molar-refractivity contribution in [2.24, 2.45) is 0 Å². The molecule has 2 aromatic carbocycles. The first kappa shape index (κ1) is 16.8. The molecule has 0 atom stereocenters. The van der Waals surface area contributed by atoms with E-state index in [-0.39, 0.29) is 0 Å². The minimum absolute atomic E-state index is 0.512. The molecule has 4 aromatic rings. The fourth-order valence-electron chi connectivity index (χ4n) is 2.88. The molecule has 6 heteroatoms. The normalized spacial score (nSPS) is 10.7. The Morgan fingerprint density at radius 3 is 1.74 bits per heavy atom. The van der Waals surface area contributed by atoms with Gasteiger partial charge in [-0.2, -0.15) is 0 Å². The van der Waals surface area contributed by atoms with Crippen LogP contribution in [0.15, 0.2) is 60.8 Å². The molecular weight excluding hydrogens is 340 g/mol. The molecule has 0 saturated carbocycles. The Bertz CT molecular complexity index is 1090. The molecule has 0 aliphatic rings. The number of hydrogen-bond acceptors (Lipinski definition) is 6. The van der Waals surface area contributed by atoms with E-state index < -0.39 is 0 Å². The number of fused-ring (bicyclic) bond motifs is 1. The SMILES string of the molecule is COc1ccc(-c2nc3nccc(N)c3nc2-c2ccc(OC)cc2)cc1. The average molecular weight is 358 g/mol. The standard InChI is InChI=1S/C21H18N4O2/c1-26-15-7-3-13(4-8-15)18-19(14-5-9-16(27-2)10-6-14)25-21-20(24-18)17(22)11-12-23-21/h3-12H,1-2H3,(H2,22,23,25). The van der Waals surface area contributed by atoms with Crippen LogP contribution in [0.2, 0.25) is 0 Å². The minimum Gasteiger partial charge on any atom is -0.497 e. The second kappa shape index (κ2) is 6.92. The molecule has 0 radical (unpaired) electrons. The molecule has 0 amide bonds. The van der Waals surface area contributed by atoms with Crippen molar-refractivity contribution in [3.05, 3.63) is 60.8 Å². The zero-order valence-electron chi connectivity index (χ0n) is 15.0. The van der Waals surface area contributed by atoms with Gasteiger partial charge in [-0.15, -0.1) is 0 Å². The van der Waals surface area contributed by atoms with Crippen molar-refractivity contribution in [3.8, 4) is 34.0 Å². The van der Waals surface area contributed by atoms with Gasteiger partial charge in [-0.05, 0) is 54.6 Å². The van der Waals surface area contributed by atoms with E-state index in [4.69, 9.17) is 25.2 Å². The Kier molecular flexibility index (Phi) is 4.30. The first-order chi connectivity index (χ1) is 13.2. The highest BCUT2D eigenvalue weighted by Gasteiger charge is 2.15. The number of methoxy groups -OCH3 is 2. The second-order valence-electron chi connectivity index (χ2n) is 5.95. The molecule has 0 saturated heterocycles. The van der Waals surface area contributed by atoms with Crippen molar-refractivity contribution in [2.75, 3.05) is 20.0 Å². The van der Waals surface area contributed by atoms with Crippen LogP contribution in [0.5, 0.6) is 11.5 Å². The zero-order chi connectivity index (χ0) is 18.8. The smallest absolute Gasteiger partial charge is 0.180 e. The van der Waals surface area contributed by atoms with Crippen LogP contribution in [0.3, 0.4) is 0 Å². The van der Waals surface area contributed by atoms with E-state index in [1.165, 1.54) is 0 Å². The lowest BCUT2D eigenvalue weighted by Crippen LogP contribution is -2.00. The van der Waals surface area contributed by atoms with Gasteiger partial charge in [0.2, 0.25) is 0 Å². The number of pyridine rings is 1. The van der Waals surface area contributed by atoms with Gasteiger partial charge >= 0.3 is 0 Å². The first-order valence-corrected chi connectivity index (χ1v) is 8.40. The third-order valence-corrected chi connectivity index (χ3v) is 4.33. The fourth-order valence-corrected chi connectivity index (χ4v) is 2.88. The van der Waals surface area contributed by atoms with Crippen molar-refractivity contribution in [1.82, 2.24) is 15.0 Å². The predicted molar refractivity (Wildman–Crippen MR) is 106 cm³/mol. The molecule has 2 aromatic heterocycles. The monoisotopic (exact) mass is 358 g/mol. The topological polar surface area (TPSA) is 83.2 Å². The predicted octanol–water partition coefficient (Wildman–Crippen LogP) is 3.96. The van der Waals surface area contributed by atoms with Crippen molar-refractivity contribution in [3.63, 3.8) is 0 Å². The summed E-state index contributed by atoms with van der Waals surface area (Å²) in [5.74, 6) is 1.56. The third kappa shape index (κ3) is 3.13. The summed E-state index contributed by atoms with van der Waals surface area (Å²) in [7, 11) is 3.28. The lowest BCUT2D eigenvalue weighted by atomic mass is 10.0. The number of hydrogen-bond donors (Lipinski definition) is 1. The average Bonchev–Trinajstić information content (AvgIpc) is 2.73. The van der Waals surface area contributed by atoms with Crippen LogP contribution >= 0.6 is 0 Å². The van der Waals surface area contributed by atoms with Crippen LogP contribution in [-0.4, -0.2) is 29.2 Å². The van der Waals surface area contributed by atoms with Crippen LogP contribution in [0.1, 0.15) is 0 Å². The number of benzene rings is 2. The van der Waals surface area contributed by atoms with E-state index in [2.05, 4.69) is 4.98 Å². The Morgan fingerprint density at radius 2 is 1.22 bits per heavy atom. The van der Waals surface area contributed by atoms with E-state index in [0.29, 0.717) is 16.9 Å². The van der Waals surface area contributed by atoms with Gasteiger partial charge in [-0.25, -0.2) is 15.0 Å². The van der Waals surface area contributed by atoms with Crippen molar-refractivity contribution in [1.29, 1.82) is 0 Å². The molecule has 0 unspecified atom stereocenters. The number of nitrogens with two attached hydrogens (primary N) is 1. The quantitative estimate of drug-likeness (QED) is 0.594. The Balaban J connectivity index is 1.96. The highest BCUT2D eigenvalue weighted by Crippen LogP contribution is 2.33. The summed E-state index contributed by atoms with van der Waals surface area (Å²) in [5.41, 5.74) is 11.0. The number of anilines is 1. The summed E-state index contributed by atoms with van der Waals surface area (Å²) in [6.45, 7) is 0. The van der Waals surface area contributed by atoms with Crippen molar-refractivity contribution >= 4 is 16.9 Å². The Morgan fingerprint density at radius 1 is 0.704 bits per heavy atom. The molecule has 0 spiro atoms. The van der Waals surface area contributed by atoms with Crippen LogP contribution in [-0.2, 0) is 0 Å². The van der Waals surface area contributed by atoms with E-state index in [0.717, 1.165) is 34.0 Å². The fraction of sp³-hybridized carbons (Fsp3) is 0.0952. The van der Waals surface area contributed by atoms with Crippen LogP contribution in [0.25, 0.3) is 33.7 Å². The maximum Gasteiger partial charge on any atom is 0.180 e. The maximum atomic E-state index is 6.10. The van der Waals surface area contributed by atoms with Gasteiger partial charge in [0, 0.05) is 17.3 Å². The van der Waals surface area contributed by atoms with E-state index in [1.54, 1.807) is 26.5 Å². The molecule has 4 rings (SSSR count). The second-order valence-corrected chi connectivity index (χ2v) is 5.95. The summed E-state index contributed by atoms with van der Waals surface area (Å²) in [6.07, 6.45) is 1.64. The third-order valence-electron chi connectivity index (χ3n) is 4.33. The lowest BCUT2D eigenvalue weighted by molar-refractivity contribution is 0.414. The van der Waals surface area contributed by atoms with E-state index >= 15 is 0 Å². The van der Waals surface area contributed by atoms with Crippen molar-refractivity contribution in [2.45, 2.75) is 0 Å². The number of ether oxygens (including phenoxy) is 2. The summed E-state index contributed by atoms with van der Waals surface area (Å²) >= 11 is 0. The van der Waals surface area contributed by atoms with Gasteiger partial charge in [0.25, 0.3) is 0 Å². The lowest BCUT2D eigenvalue weighted by Gasteiger charge is -2.12. The van der Waals surface area contributed by atoms with Gasteiger partial charge in [-0.3, -0.25) is 0 Å². The number of rotatable bonds is 4. The molecule has 6 nitrogen and oxygen atoms in total. The summed E-state index contributed by atoms with van der Waals surface area (Å²) in [5, 5.41) is 0. The largest absolute Gasteiger partial charge is 0.497 e. The first-order valence-electron chi connectivity index (χ1n) is 8.40. The minimum atomic E-state index is 0.512. The molecule has 134 valence electrons. The molecule has 2 heterocycles. The molecule has 0 aliphatic carbocycles. The zero-order valence-corrected chi connectivity index (χ0v) is 15.0. The van der Waals surface area contributed by atoms with E-state index in [1.807, 2.05) is 48.5 Å². The molecular formula is C21H18N4O2. The highest BCUT2D eigenvalue weighted by molar-refractivity contribution is 5.90. The maximum absolute atomic E-state index is 6.10. The van der Waals surface area contributed by atoms with Crippen LogP contribution < -0.4 is 15.2 Å². The molecule has 27 heavy (non-hydrogen) atoms. The van der Waals surface area contributed by atoms with Crippen molar-refractivity contribution < 1.29 is 9.47 Å². The molecule has 0 fully saturated rings. The van der Waals surface area contributed by atoms with Crippen LogP contribution in [0, 0.1) is 0 Å². The molecule has 0 aliphatic heterocycles. The number of aromatic nitrogens is 3. The van der Waals surface area contributed by atoms with Gasteiger partial charge in [0.1, 0.15) is 17.0 Å². The number of nitrogens with zero attached hydrogens (tertiary/aromatic N) is 3. The van der Waals surface area contributed by atoms with Gasteiger partial charge in [-0.1, -0.05) is 0 Å². The van der Waals surface area contributed by atoms with Gasteiger partial charge < -0.3 is 15.2 Å². The van der Waals surface area contributed by atoms with Gasteiger partial charge in [0.05, 0.1) is 31.3 Å². The number of nitrogen functional groups attached to an aromatic ring is 1. The van der Waals surface area contributed by atoms with Gasteiger partial charge in [0.15, 0.2) is 5.65 Å². The Labute approximate surface area is 156 Å². The summed E-state index contributed by atoms with van der Waals surface area (Å²) in [4.78, 5) is 13.9. The molecule has 2 N–H and O–H groups in total. The summed E-state index contributed by atoms with van der Waals surface area (Å²) < 4.78 is 10.5. The van der Waals surface area contributed by atoms with E-state index in [9.17, 15) is 0 Å². The summed E-state index contributed by atoms with van der Waals surface area (Å²) in [6, 6.07) is 17.1. The highest BCUT2D eigenvalue weighted by atomic mass is 16.5. The van der Waals surface area contributed by atoms with Crippen LogP contribution in [0.4, 0.5) is 5.69 Å².